The van der Waals surface area contributed by atoms with E-state index in [-0.39, 0.29) is 0 Å². The van der Waals surface area contributed by atoms with Crippen LogP contribution < -0.4 is 5.73 Å². The summed E-state index contributed by atoms with van der Waals surface area (Å²) in [6.07, 6.45) is 8.53. The first-order valence-electron chi connectivity index (χ1n) is 6.75. The van der Waals surface area contributed by atoms with Gasteiger partial charge in [-0.05, 0) is 64.1 Å². The maximum atomic E-state index is 5.73. The second kappa shape index (κ2) is 5.31. The van der Waals surface area contributed by atoms with Crippen molar-refractivity contribution >= 4 is 0 Å². The van der Waals surface area contributed by atoms with Crippen LogP contribution in [0.3, 0.4) is 0 Å². The smallest absolute Gasteiger partial charge is 0.00951 e. The monoisotopic (exact) mass is 210 g/mol. The first kappa shape index (κ1) is 11.4. The minimum absolute atomic E-state index is 0.803. The van der Waals surface area contributed by atoms with Crippen molar-refractivity contribution in [3.8, 4) is 0 Å². The highest BCUT2D eigenvalue weighted by Gasteiger charge is 2.28. The Morgan fingerprint density at radius 2 is 1.73 bits per heavy atom. The molecule has 2 rings (SSSR count). The van der Waals surface area contributed by atoms with E-state index >= 15 is 0 Å². The van der Waals surface area contributed by atoms with E-state index in [0.717, 1.165) is 24.4 Å². The zero-order valence-corrected chi connectivity index (χ0v) is 10.1. The van der Waals surface area contributed by atoms with E-state index in [4.69, 9.17) is 5.73 Å². The van der Waals surface area contributed by atoms with Crippen LogP contribution in [0.1, 0.15) is 45.4 Å². The van der Waals surface area contributed by atoms with Gasteiger partial charge in [0.05, 0.1) is 0 Å². The van der Waals surface area contributed by atoms with Crippen molar-refractivity contribution in [3.63, 3.8) is 0 Å². The number of likely N-dealkylation sites (tertiary alicyclic amines) is 1. The van der Waals surface area contributed by atoms with E-state index in [1.807, 2.05) is 0 Å². The maximum absolute atomic E-state index is 5.73. The highest BCUT2D eigenvalue weighted by molar-refractivity contribution is 4.83. The lowest BCUT2D eigenvalue weighted by atomic mass is 9.92. The number of hydrogen-bond acceptors (Lipinski definition) is 2. The van der Waals surface area contributed by atoms with Gasteiger partial charge in [0.25, 0.3) is 0 Å². The van der Waals surface area contributed by atoms with Crippen LogP contribution in [0.25, 0.3) is 0 Å². The summed E-state index contributed by atoms with van der Waals surface area (Å²) in [5.74, 6) is 1.79. The van der Waals surface area contributed by atoms with Crippen molar-refractivity contribution < 1.29 is 0 Å². The molecule has 2 fully saturated rings. The molecule has 1 saturated heterocycles. The number of nitrogens with zero attached hydrogens (tertiary/aromatic N) is 1. The average molecular weight is 210 g/mol. The molecule has 88 valence electrons. The molecule has 0 aromatic rings. The third kappa shape index (κ3) is 2.73. The summed E-state index contributed by atoms with van der Waals surface area (Å²) < 4.78 is 0. The molecule has 0 bridgehead atoms. The summed E-state index contributed by atoms with van der Waals surface area (Å²) in [5.41, 5.74) is 5.73. The fraction of sp³-hybridized carbons (Fsp3) is 1.00. The fourth-order valence-corrected chi connectivity index (χ4v) is 3.33. The largest absolute Gasteiger partial charge is 0.330 e. The Hall–Kier alpha value is -0.0800. The second-order valence-corrected chi connectivity index (χ2v) is 5.50. The lowest BCUT2D eigenvalue weighted by Crippen LogP contribution is -2.44. The topological polar surface area (TPSA) is 29.3 Å². The van der Waals surface area contributed by atoms with Gasteiger partial charge in [-0.2, -0.15) is 0 Å². The molecule has 2 heteroatoms. The molecule has 0 spiro atoms. The van der Waals surface area contributed by atoms with E-state index in [2.05, 4.69) is 11.8 Å². The van der Waals surface area contributed by atoms with Crippen molar-refractivity contribution in [2.75, 3.05) is 19.6 Å². The molecule has 2 nitrogen and oxygen atoms in total. The number of hydrogen-bond donors (Lipinski definition) is 1. The van der Waals surface area contributed by atoms with Gasteiger partial charge in [0.1, 0.15) is 0 Å². The Kier molecular flexibility index (Phi) is 4.04. The Morgan fingerprint density at radius 1 is 1.13 bits per heavy atom. The molecule has 1 unspecified atom stereocenters. The van der Waals surface area contributed by atoms with Crippen LogP contribution in [0.4, 0.5) is 0 Å². The first-order chi connectivity index (χ1) is 7.31. The summed E-state index contributed by atoms with van der Waals surface area (Å²) in [6, 6.07) is 0.825. The predicted molar refractivity (Wildman–Crippen MR) is 64.8 cm³/mol. The van der Waals surface area contributed by atoms with Crippen LogP contribution in [0.15, 0.2) is 0 Å². The second-order valence-electron chi connectivity index (χ2n) is 5.50. The minimum Gasteiger partial charge on any atom is -0.330 e. The fourth-order valence-electron chi connectivity index (χ4n) is 3.33. The molecule has 0 aromatic heterocycles. The molecule has 1 saturated carbocycles. The van der Waals surface area contributed by atoms with Crippen LogP contribution in [-0.4, -0.2) is 30.6 Å². The molecule has 0 radical (unpaired) electrons. The molecule has 1 aliphatic heterocycles. The van der Waals surface area contributed by atoms with Gasteiger partial charge in [0.15, 0.2) is 0 Å². The van der Waals surface area contributed by atoms with E-state index < -0.39 is 0 Å². The normalized spacial score (nSPS) is 28.4. The number of piperidine rings is 1. The van der Waals surface area contributed by atoms with Gasteiger partial charge in [-0.15, -0.1) is 0 Å². The zero-order valence-electron chi connectivity index (χ0n) is 10.1. The standard InChI is InChI=1S/C13H26N2/c1-11(13-4-2-3-5-13)15-8-6-12(10-14)7-9-15/h11-13H,2-10,14H2,1H3. The van der Waals surface area contributed by atoms with Crippen LogP contribution in [-0.2, 0) is 0 Å². The van der Waals surface area contributed by atoms with Crippen LogP contribution in [0.2, 0.25) is 0 Å². The van der Waals surface area contributed by atoms with Gasteiger partial charge >= 0.3 is 0 Å². The molecule has 0 aromatic carbocycles. The quantitative estimate of drug-likeness (QED) is 0.774. The highest BCUT2D eigenvalue weighted by Crippen LogP contribution is 2.31. The lowest BCUT2D eigenvalue weighted by Gasteiger charge is -2.38. The van der Waals surface area contributed by atoms with Crippen LogP contribution in [0.5, 0.6) is 0 Å². The Morgan fingerprint density at radius 3 is 2.27 bits per heavy atom. The lowest BCUT2D eigenvalue weighted by molar-refractivity contribution is 0.108. The Bertz CT molecular complexity index is 179. The van der Waals surface area contributed by atoms with E-state index in [1.165, 1.54) is 51.6 Å². The summed E-state index contributed by atoms with van der Waals surface area (Å²) in [5, 5.41) is 0. The van der Waals surface area contributed by atoms with Gasteiger partial charge in [-0.3, -0.25) is 0 Å². The third-order valence-corrected chi connectivity index (χ3v) is 4.64. The zero-order chi connectivity index (χ0) is 10.7. The van der Waals surface area contributed by atoms with E-state index in [0.29, 0.717) is 0 Å². The van der Waals surface area contributed by atoms with Crippen LogP contribution >= 0.6 is 0 Å². The van der Waals surface area contributed by atoms with Gasteiger partial charge in [-0.25, -0.2) is 0 Å². The van der Waals surface area contributed by atoms with Crippen molar-refractivity contribution in [1.29, 1.82) is 0 Å². The average Bonchev–Trinajstić information content (AvgIpc) is 2.82. The van der Waals surface area contributed by atoms with Gasteiger partial charge in [0.2, 0.25) is 0 Å². The van der Waals surface area contributed by atoms with E-state index in [1.54, 1.807) is 0 Å². The van der Waals surface area contributed by atoms with Gasteiger partial charge in [-0.1, -0.05) is 12.8 Å². The number of rotatable bonds is 3. The van der Waals surface area contributed by atoms with Crippen molar-refractivity contribution in [2.24, 2.45) is 17.6 Å². The van der Waals surface area contributed by atoms with Gasteiger partial charge < -0.3 is 10.6 Å². The summed E-state index contributed by atoms with van der Waals surface area (Å²) in [7, 11) is 0. The summed E-state index contributed by atoms with van der Waals surface area (Å²) >= 11 is 0. The maximum Gasteiger partial charge on any atom is 0.00951 e. The molecule has 0 amide bonds. The van der Waals surface area contributed by atoms with Crippen molar-refractivity contribution in [2.45, 2.75) is 51.5 Å². The van der Waals surface area contributed by atoms with Crippen LogP contribution in [0, 0.1) is 11.8 Å². The summed E-state index contributed by atoms with van der Waals surface area (Å²) in [4.78, 5) is 2.71. The molecular weight excluding hydrogens is 184 g/mol. The molecule has 2 aliphatic rings. The molecule has 1 heterocycles. The highest BCUT2D eigenvalue weighted by atomic mass is 15.2. The Labute approximate surface area is 94.2 Å². The van der Waals surface area contributed by atoms with Crippen molar-refractivity contribution in [3.05, 3.63) is 0 Å². The third-order valence-electron chi connectivity index (χ3n) is 4.64. The molecular formula is C13H26N2. The summed E-state index contributed by atoms with van der Waals surface area (Å²) in [6.45, 7) is 5.92. The van der Waals surface area contributed by atoms with Crippen molar-refractivity contribution in [1.82, 2.24) is 4.90 Å². The molecule has 1 atom stereocenters. The molecule has 1 aliphatic carbocycles. The number of nitrogens with two attached hydrogens (primary N) is 1. The minimum atomic E-state index is 0.803. The first-order valence-corrected chi connectivity index (χ1v) is 6.75. The predicted octanol–water partition coefficient (Wildman–Crippen LogP) is 2.24. The van der Waals surface area contributed by atoms with Gasteiger partial charge in [0, 0.05) is 6.04 Å². The Balaban J connectivity index is 1.78. The SMILES string of the molecule is CC(C1CCCC1)N1CCC(CN)CC1. The molecule has 2 N–H and O–H groups in total. The molecule has 15 heavy (non-hydrogen) atoms. The van der Waals surface area contributed by atoms with E-state index in [9.17, 15) is 0 Å².